The Kier molecular flexibility index (Phi) is 19.1. The van der Waals surface area contributed by atoms with E-state index in [2.05, 4.69) is 4.52 Å². The first kappa shape index (κ1) is 10.9. The van der Waals surface area contributed by atoms with Crippen LogP contribution in [0.3, 0.4) is 0 Å². The van der Waals surface area contributed by atoms with Gasteiger partial charge in [0.2, 0.25) is 0 Å². The fourth-order valence-corrected chi connectivity index (χ4v) is 0.158. The van der Waals surface area contributed by atoms with Gasteiger partial charge in [-0.25, -0.2) is 4.57 Å². The van der Waals surface area contributed by atoms with Crippen molar-refractivity contribution in [2.45, 2.75) is 6.92 Å². The molecule has 4 nitrogen and oxygen atoms in total. The molecule has 0 N–H and O–H groups in total. The zero-order valence-corrected chi connectivity index (χ0v) is 5.76. The topological polar surface area (TPSA) is 73.9 Å². The van der Waals surface area contributed by atoms with Gasteiger partial charge in [-0.2, -0.15) is 10.5 Å². The Morgan fingerprint density at radius 1 is 1.56 bits per heavy atom. The molecule has 48 valence electrons. The van der Waals surface area contributed by atoms with E-state index in [1.54, 1.807) is 6.92 Å². The van der Waals surface area contributed by atoms with Crippen molar-refractivity contribution < 1.29 is 9.09 Å². The molecule has 0 saturated carbocycles. The van der Waals surface area contributed by atoms with E-state index in [0.29, 0.717) is 6.61 Å². The molecule has 5 heteroatoms. The minimum Gasteiger partial charge on any atom is -0.295 e. The van der Waals surface area contributed by atoms with Gasteiger partial charge in [0.1, 0.15) is 0 Å². The number of nitriles is 2. The van der Waals surface area contributed by atoms with Crippen molar-refractivity contribution >= 4 is 8.69 Å². The molecule has 0 aromatic carbocycles. The second-order valence-electron chi connectivity index (χ2n) is 0.716. The van der Waals surface area contributed by atoms with E-state index in [-0.39, 0.29) is 8.69 Å². The second kappa shape index (κ2) is 15.7. The smallest absolute Gasteiger partial charge is 0.295 e. The molecule has 0 rings (SSSR count). The highest BCUT2D eigenvalue weighted by Crippen LogP contribution is 1.89. The summed E-state index contributed by atoms with van der Waals surface area (Å²) in [6.07, 6.45) is 0. The first-order chi connectivity index (χ1) is 4.33. The third-order valence-corrected chi connectivity index (χ3v) is 0.595. The number of rotatable bonds is 2. The van der Waals surface area contributed by atoms with E-state index in [4.69, 9.17) is 10.5 Å². The van der Waals surface area contributed by atoms with Gasteiger partial charge in [0, 0.05) is 0 Å². The zero-order valence-electron chi connectivity index (χ0n) is 4.87. The van der Waals surface area contributed by atoms with Crippen molar-refractivity contribution in [3.05, 3.63) is 0 Å². The van der Waals surface area contributed by atoms with Crippen molar-refractivity contribution in [2.24, 2.45) is 0 Å². The molecule has 0 aromatic rings. The first-order valence-electron chi connectivity index (χ1n) is 2.06. The van der Waals surface area contributed by atoms with E-state index in [1.165, 1.54) is 12.1 Å². The summed E-state index contributed by atoms with van der Waals surface area (Å²) >= 11 is 0. The SMILES string of the molecule is CCOP=O.N#CC#N. The summed E-state index contributed by atoms with van der Waals surface area (Å²) in [5.74, 6) is 0. The van der Waals surface area contributed by atoms with E-state index in [9.17, 15) is 4.57 Å². The molecule has 0 spiro atoms. The maximum atomic E-state index is 9.28. The van der Waals surface area contributed by atoms with Gasteiger partial charge in [0.15, 0.2) is 12.1 Å². The van der Waals surface area contributed by atoms with E-state index in [1.807, 2.05) is 0 Å². The fraction of sp³-hybridized carbons (Fsp3) is 0.500. The molecule has 0 bridgehead atoms. The quantitative estimate of drug-likeness (QED) is 0.546. The molecule has 0 amide bonds. The lowest BCUT2D eigenvalue weighted by atomic mass is 10.9. The van der Waals surface area contributed by atoms with Gasteiger partial charge in [-0.1, -0.05) is 0 Å². The fourth-order valence-electron chi connectivity index (χ4n) is 0.0527. The molecule has 9 heavy (non-hydrogen) atoms. The van der Waals surface area contributed by atoms with Crippen molar-refractivity contribution in [2.75, 3.05) is 6.61 Å². The summed E-state index contributed by atoms with van der Waals surface area (Å²) in [6, 6.07) is 2.47. The van der Waals surface area contributed by atoms with Gasteiger partial charge >= 0.3 is 8.69 Å². The van der Waals surface area contributed by atoms with Crippen LogP contribution in [0.4, 0.5) is 0 Å². The van der Waals surface area contributed by atoms with Gasteiger partial charge in [-0.3, -0.25) is 4.52 Å². The molecule has 0 fully saturated rings. The molecule has 0 radical (unpaired) electrons. The van der Waals surface area contributed by atoms with Crippen LogP contribution in [0.15, 0.2) is 0 Å². The van der Waals surface area contributed by atoms with E-state index >= 15 is 0 Å². The predicted molar refractivity (Wildman–Crippen MR) is 30.5 cm³/mol. The van der Waals surface area contributed by atoms with E-state index < -0.39 is 0 Å². The molecule has 0 heterocycles. The largest absolute Gasteiger partial charge is 0.327 e. The Morgan fingerprint density at radius 3 is 2.00 bits per heavy atom. The molecule has 0 aromatic heterocycles. The Labute approximate surface area is 54.9 Å². The van der Waals surface area contributed by atoms with Gasteiger partial charge in [-0.15, -0.1) is 0 Å². The van der Waals surface area contributed by atoms with Crippen LogP contribution >= 0.6 is 8.69 Å². The maximum absolute atomic E-state index is 9.28. The van der Waals surface area contributed by atoms with Gasteiger partial charge < -0.3 is 0 Å². The van der Waals surface area contributed by atoms with Gasteiger partial charge in [0.25, 0.3) is 0 Å². The standard InChI is InChI=1S/C2N2.C2H5O2P/c3-1-2-4;1-2-4-5-3/h;2H2,1H3. The monoisotopic (exact) mass is 144 g/mol. The molecule has 0 unspecified atom stereocenters. The van der Waals surface area contributed by atoms with Crippen LogP contribution in [0.25, 0.3) is 0 Å². The number of hydrogen-bond donors (Lipinski definition) is 0. The summed E-state index contributed by atoms with van der Waals surface area (Å²) in [6.45, 7) is 2.30. The minimum absolute atomic E-state index is 0.220. The number of nitrogens with zero attached hydrogens (tertiary/aromatic N) is 2. The van der Waals surface area contributed by atoms with Crippen LogP contribution < -0.4 is 0 Å². The third-order valence-electron chi connectivity index (χ3n) is 0.232. The van der Waals surface area contributed by atoms with Gasteiger partial charge in [0.05, 0.1) is 6.61 Å². The van der Waals surface area contributed by atoms with Crippen LogP contribution in [0, 0.1) is 22.7 Å². The second-order valence-corrected chi connectivity index (χ2v) is 1.12. The average molecular weight is 144 g/mol. The Hall–Kier alpha value is -0.960. The minimum atomic E-state index is -0.220. The molecule has 0 aliphatic heterocycles. The lowest BCUT2D eigenvalue weighted by Crippen LogP contribution is -1.65. The van der Waals surface area contributed by atoms with Crippen molar-refractivity contribution in [3.63, 3.8) is 0 Å². The molecular weight excluding hydrogens is 139 g/mol. The third kappa shape index (κ3) is 43.0. The van der Waals surface area contributed by atoms with Crippen LogP contribution in [-0.2, 0) is 9.09 Å². The maximum Gasteiger partial charge on any atom is 0.327 e. The van der Waals surface area contributed by atoms with Crippen LogP contribution in [0.1, 0.15) is 6.92 Å². The van der Waals surface area contributed by atoms with Crippen molar-refractivity contribution in [3.8, 4) is 12.1 Å². The summed E-state index contributed by atoms with van der Waals surface area (Å²) in [5, 5.41) is 14.5. The first-order valence-corrected chi connectivity index (χ1v) is 2.79. The summed E-state index contributed by atoms with van der Waals surface area (Å²) < 4.78 is 13.5. The molecule has 0 aliphatic rings. The number of hydrogen-bond acceptors (Lipinski definition) is 4. The van der Waals surface area contributed by atoms with Crippen LogP contribution in [0.2, 0.25) is 0 Å². The molecule has 0 aliphatic carbocycles. The van der Waals surface area contributed by atoms with Crippen LogP contribution in [-0.4, -0.2) is 6.61 Å². The van der Waals surface area contributed by atoms with Crippen molar-refractivity contribution in [1.29, 1.82) is 10.5 Å². The van der Waals surface area contributed by atoms with Crippen LogP contribution in [0.5, 0.6) is 0 Å². The zero-order chi connectivity index (χ0) is 7.54. The Balaban J connectivity index is 0. The Morgan fingerprint density at radius 2 is 2.00 bits per heavy atom. The lowest BCUT2D eigenvalue weighted by Gasteiger charge is -1.72. The van der Waals surface area contributed by atoms with Crippen molar-refractivity contribution in [1.82, 2.24) is 0 Å². The highest BCUT2D eigenvalue weighted by Gasteiger charge is 1.65. The molecule has 0 atom stereocenters. The predicted octanol–water partition coefficient (Wildman–Crippen LogP) is 1.26. The molecule has 0 saturated heterocycles. The summed E-state index contributed by atoms with van der Waals surface area (Å²) in [4.78, 5) is 0. The van der Waals surface area contributed by atoms with E-state index in [0.717, 1.165) is 0 Å². The lowest BCUT2D eigenvalue weighted by molar-refractivity contribution is 0.365. The summed E-state index contributed by atoms with van der Waals surface area (Å²) in [5.41, 5.74) is 0. The summed E-state index contributed by atoms with van der Waals surface area (Å²) in [7, 11) is -0.220. The highest BCUT2D eigenvalue weighted by molar-refractivity contribution is 7.17. The molecular formula is C4H5N2O2P. The Bertz CT molecular complexity index is 122. The average Bonchev–Trinajstić information content (AvgIpc) is 1.91. The normalized spacial score (nSPS) is 6.11. The highest BCUT2D eigenvalue weighted by atomic mass is 31.1. The van der Waals surface area contributed by atoms with Gasteiger partial charge in [-0.05, 0) is 6.92 Å².